The first-order valence-electron chi connectivity index (χ1n) is 11.4. The van der Waals surface area contributed by atoms with Crippen LogP contribution >= 0.6 is 0 Å². The van der Waals surface area contributed by atoms with Gasteiger partial charge in [0.25, 0.3) is 0 Å². The molecule has 0 atom stereocenters. The van der Waals surface area contributed by atoms with Crippen molar-refractivity contribution in [2.45, 2.75) is 19.6 Å². The van der Waals surface area contributed by atoms with Gasteiger partial charge in [-0.25, -0.2) is 0 Å². The molecule has 2 aromatic heterocycles. The second kappa shape index (κ2) is 10.1. The van der Waals surface area contributed by atoms with Crippen LogP contribution in [-0.4, -0.2) is 26.2 Å². The molecule has 7 heteroatoms. The van der Waals surface area contributed by atoms with E-state index in [2.05, 4.69) is 40.0 Å². The van der Waals surface area contributed by atoms with Crippen molar-refractivity contribution in [1.82, 2.24) is 19.7 Å². The van der Waals surface area contributed by atoms with E-state index in [1.54, 1.807) is 23.1 Å². The van der Waals surface area contributed by atoms with Gasteiger partial charge in [0.1, 0.15) is 13.1 Å². The molecule has 0 unspecified atom stereocenters. The Bertz CT molecular complexity index is 1460. The molecule has 0 aliphatic rings. The van der Waals surface area contributed by atoms with Crippen molar-refractivity contribution in [2.75, 3.05) is 5.32 Å². The van der Waals surface area contributed by atoms with Gasteiger partial charge in [-0.05, 0) is 41.5 Å². The minimum Gasteiger partial charge on any atom is -0.350 e. The molecular formula is C28H25N5O2. The Morgan fingerprint density at radius 2 is 1.63 bits per heavy atom. The van der Waals surface area contributed by atoms with Gasteiger partial charge in [-0.15, -0.1) is 0 Å². The normalized spacial score (nSPS) is 10.9. The Labute approximate surface area is 203 Å². The molecule has 5 rings (SSSR count). The zero-order valence-corrected chi connectivity index (χ0v) is 19.1. The van der Waals surface area contributed by atoms with Crippen LogP contribution < -0.4 is 10.6 Å². The molecule has 0 fully saturated rings. The molecule has 2 amide bonds. The zero-order valence-electron chi connectivity index (χ0n) is 19.1. The third-order valence-electron chi connectivity index (χ3n) is 5.75. The van der Waals surface area contributed by atoms with Crippen molar-refractivity contribution in [3.63, 3.8) is 0 Å². The molecule has 3 aromatic carbocycles. The second-order valence-electron chi connectivity index (χ2n) is 8.27. The van der Waals surface area contributed by atoms with E-state index in [0.717, 1.165) is 27.7 Å². The Kier molecular flexibility index (Phi) is 6.39. The van der Waals surface area contributed by atoms with Crippen LogP contribution in [0, 0.1) is 0 Å². The van der Waals surface area contributed by atoms with E-state index in [4.69, 9.17) is 0 Å². The fraction of sp³-hybridized carbons (Fsp3) is 0.107. The number of hydrogen-bond acceptors (Lipinski definition) is 3. The lowest BCUT2D eigenvalue weighted by molar-refractivity contribution is -0.121. The van der Waals surface area contributed by atoms with E-state index in [0.29, 0.717) is 12.2 Å². The van der Waals surface area contributed by atoms with Crippen LogP contribution in [0.3, 0.4) is 0 Å². The van der Waals surface area contributed by atoms with Crippen LogP contribution in [0.15, 0.2) is 103 Å². The van der Waals surface area contributed by atoms with Crippen molar-refractivity contribution in [1.29, 1.82) is 0 Å². The largest absolute Gasteiger partial charge is 0.350 e. The summed E-state index contributed by atoms with van der Waals surface area (Å²) in [6.45, 7) is 0.710. The SMILES string of the molecule is O=C(Cn1c(-c2ccccc2)cc2ccccc21)NCc1cccc(NC(=O)Cn2cccn2)c1. The number of carbonyl (C=O) groups is 2. The van der Waals surface area contributed by atoms with Crippen molar-refractivity contribution in [3.8, 4) is 11.3 Å². The number of benzene rings is 3. The summed E-state index contributed by atoms with van der Waals surface area (Å²) in [5.74, 6) is -0.250. The van der Waals surface area contributed by atoms with Crippen LogP contribution in [-0.2, 0) is 29.2 Å². The van der Waals surface area contributed by atoms with E-state index < -0.39 is 0 Å². The number of amides is 2. The van der Waals surface area contributed by atoms with Gasteiger partial charge in [0.15, 0.2) is 0 Å². The number of para-hydroxylation sites is 1. The summed E-state index contributed by atoms with van der Waals surface area (Å²) < 4.78 is 3.61. The first-order valence-corrected chi connectivity index (χ1v) is 11.4. The van der Waals surface area contributed by atoms with Crippen LogP contribution in [0.5, 0.6) is 0 Å². The number of rotatable bonds is 8. The maximum absolute atomic E-state index is 12.9. The molecule has 2 heterocycles. The molecule has 0 radical (unpaired) electrons. The number of nitrogens with zero attached hydrogens (tertiary/aromatic N) is 3. The van der Waals surface area contributed by atoms with E-state index in [1.807, 2.05) is 65.2 Å². The first kappa shape index (κ1) is 22.2. The van der Waals surface area contributed by atoms with E-state index in [-0.39, 0.29) is 24.9 Å². The quantitative estimate of drug-likeness (QED) is 0.357. The number of fused-ring (bicyclic) bond motifs is 1. The van der Waals surface area contributed by atoms with E-state index >= 15 is 0 Å². The van der Waals surface area contributed by atoms with Crippen molar-refractivity contribution in [3.05, 3.63) is 109 Å². The molecule has 0 spiro atoms. The number of carbonyl (C=O) groups excluding carboxylic acids is 2. The van der Waals surface area contributed by atoms with Gasteiger partial charge >= 0.3 is 0 Å². The van der Waals surface area contributed by atoms with Gasteiger partial charge in [0, 0.05) is 41.2 Å². The predicted octanol–water partition coefficient (Wildman–Crippen LogP) is 4.46. The van der Waals surface area contributed by atoms with E-state index in [1.165, 1.54) is 0 Å². The molecule has 35 heavy (non-hydrogen) atoms. The highest BCUT2D eigenvalue weighted by atomic mass is 16.2. The minimum absolute atomic E-state index is 0.0864. The lowest BCUT2D eigenvalue weighted by Gasteiger charge is -2.12. The van der Waals surface area contributed by atoms with Crippen molar-refractivity contribution in [2.24, 2.45) is 0 Å². The molecule has 174 valence electrons. The highest BCUT2D eigenvalue weighted by Crippen LogP contribution is 2.28. The van der Waals surface area contributed by atoms with Crippen molar-refractivity contribution >= 4 is 28.4 Å². The standard InChI is InChI=1S/C28H25N5O2/c34-27(20-33-25-13-5-4-11-23(25)17-26(33)22-9-2-1-3-10-22)29-18-21-8-6-12-24(16-21)31-28(35)19-32-15-7-14-30-32/h1-17H,18-20H2,(H,29,34)(H,31,35). The van der Waals surface area contributed by atoms with Gasteiger partial charge in [-0.3, -0.25) is 14.3 Å². The third kappa shape index (κ3) is 5.30. The molecule has 0 saturated heterocycles. The fourth-order valence-electron chi connectivity index (χ4n) is 4.13. The summed E-state index contributed by atoms with van der Waals surface area (Å²) in [4.78, 5) is 25.2. The van der Waals surface area contributed by atoms with Gasteiger partial charge in [0.05, 0.1) is 0 Å². The Morgan fingerprint density at radius 1 is 0.800 bits per heavy atom. The summed E-state index contributed by atoms with van der Waals surface area (Å²) in [5, 5.41) is 11.0. The average Bonchev–Trinajstić information content (AvgIpc) is 3.51. The van der Waals surface area contributed by atoms with Crippen LogP contribution in [0.2, 0.25) is 0 Å². The average molecular weight is 464 g/mol. The Morgan fingerprint density at radius 3 is 2.46 bits per heavy atom. The topological polar surface area (TPSA) is 81.0 Å². The third-order valence-corrected chi connectivity index (χ3v) is 5.75. The number of nitrogens with one attached hydrogen (secondary N) is 2. The second-order valence-corrected chi connectivity index (χ2v) is 8.27. The van der Waals surface area contributed by atoms with Crippen LogP contribution in [0.25, 0.3) is 22.2 Å². The van der Waals surface area contributed by atoms with Gasteiger partial charge in [0.2, 0.25) is 11.8 Å². The van der Waals surface area contributed by atoms with E-state index in [9.17, 15) is 9.59 Å². The highest BCUT2D eigenvalue weighted by Gasteiger charge is 2.13. The van der Waals surface area contributed by atoms with Crippen LogP contribution in [0.4, 0.5) is 5.69 Å². The van der Waals surface area contributed by atoms with Gasteiger partial charge < -0.3 is 15.2 Å². The molecule has 5 aromatic rings. The lowest BCUT2D eigenvalue weighted by Crippen LogP contribution is -2.27. The molecule has 0 aliphatic heterocycles. The maximum atomic E-state index is 12.9. The summed E-state index contributed by atoms with van der Waals surface area (Å²) in [7, 11) is 0. The zero-order chi connectivity index (χ0) is 24.0. The highest BCUT2D eigenvalue weighted by molar-refractivity contribution is 5.91. The molecule has 0 bridgehead atoms. The Balaban J connectivity index is 1.25. The predicted molar refractivity (Wildman–Crippen MR) is 137 cm³/mol. The molecule has 7 nitrogen and oxygen atoms in total. The maximum Gasteiger partial charge on any atom is 0.246 e. The molecule has 2 N–H and O–H groups in total. The summed E-state index contributed by atoms with van der Waals surface area (Å²) in [5.41, 5.74) is 4.66. The molecule has 0 aliphatic carbocycles. The number of hydrogen-bond donors (Lipinski definition) is 2. The summed E-state index contributed by atoms with van der Waals surface area (Å²) >= 11 is 0. The monoisotopic (exact) mass is 463 g/mol. The molecule has 0 saturated carbocycles. The van der Waals surface area contributed by atoms with Gasteiger partial charge in [-0.2, -0.15) is 5.10 Å². The van der Waals surface area contributed by atoms with Crippen molar-refractivity contribution < 1.29 is 9.59 Å². The smallest absolute Gasteiger partial charge is 0.246 e. The summed E-state index contributed by atoms with van der Waals surface area (Å²) in [6, 6.07) is 29.5. The van der Waals surface area contributed by atoms with Gasteiger partial charge in [-0.1, -0.05) is 60.7 Å². The summed E-state index contributed by atoms with van der Waals surface area (Å²) in [6.07, 6.45) is 3.37. The first-order chi connectivity index (χ1) is 17.2. The minimum atomic E-state index is -0.164. The number of anilines is 1. The lowest BCUT2D eigenvalue weighted by atomic mass is 10.1. The fourth-order valence-corrected chi connectivity index (χ4v) is 4.13. The Hall–Kier alpha value is -4.65. The van der Waals surface area contributed by atoms with Crippen LogP contribution in [0.1, 0.15) is 5.56 Å². The number of aromatic nitrogens is 3. The molecular weight excluding hydrogens is 438 g/mol.